The van der Waals surface area contributed by atoms with E-state index in [1.165, 1.54) is 4.90 Å². The number of amides is 3. The summed E-state index contributed by atoms with van der Waals surface area (Å²) >= 11 is 12.7. The van der Waals surface area contributed by atoms with Crippen LogP contribution in [0.5, 0.6) is 0 Å². The lowest BCUT2D eigenvalue weighted by Crippen LogP contribution is -2.65. The molecular formula is C23H18Br3IN2O4. The van der Waals surface area contributed by atoms with Crippen molar-refractivity contribution in [1.29, 1.82) is 0 Å². The number of ether oxygens (including phenoxy) is 1. The first-order chi connectivity index (χ1) is 15.4. The molecule has 2 aliphatic heterocycles. The average molecular weight is 753 g/mol. The zero-order valence-electron chi connectivity index (χ0n) is 17.8. The highest BCUT2D eigenvalue weighted by molar-refractivity contribution is 14.1. The van der Waals surface area contributed by atoms with E-state index in [1.54, 1.807) is 30.9 Å². The van der Waals surface area contributed by atoms with Crippen molar-refractivity contribution in [2.24, 2.45) is 0 Å². The quantitative estimate of drug-likeness (QED) is 0.186. The minimum Gasteiger partial charge on any atom is -0.443 e. The monoisotopic (exact) mass is 750 g/mol. The smallest absolute Gasteiger partial charge is 0.421 e. The number of imide groups is 1. The maximum atomic E-state index is 14.0. The minimum atomic E-state index is -1.38. The maximum absolute atomic E-state index is 14.0. The molecule has 6 nitrogen and oxygen atoms in total. The molecule has 1 unspecified atom stereocenters. The Balaban J connectivity index is 1.94. The van der Waals surface area contributed by atoms with Gasteiger partial charge in [-0.2, -0.15) is 0 Å². The SMILES string of the molecule is CC(C)(C)OC(=O)N1C(=O)C2(CC(=O)N2/C(=C/I)c2ccccc2)c2c1cc(Br)c(Br)c2Br. The van der Waals surface area contributed by atoms with E-state index in [2.05, 4.69) is 70.4 Å². The molecule has 1 spiro atoms. The lowest BCUT2D eigenvalue weighted by atomic mass is 9.77. The predicted molar refractivity (Wildman–Crippen MR) is 145 cm³/mol. The highest BCUT2D eigenvalue weighted by Gasteiger charge is 2.67. The van der Waals surface area contributed by atoms with Crippen LogP contribution in [0.3, 0.4) is 0 Å². The van der Waals surface area contributed by atoms with Crippen LogP contribution in [0.2, 0.25) is 0 Å². The Hall–Kier alpha value is -1.24. The summed E-state index contributed by atoms with van der Waals surface area (Å²) < 4.78 is 9.25. The third kappa shape index (κ3) is 3.90. The van der Waals surface area contributed by atoms with Gasteiger partial charge in [-0.05, 0) is 80.2 Å². The summed E-state index contributed by atoms with van der Waals surface area (Å²) in [5.41, 5.74) is 0.108. The van der Waals surface area contributed by atoms with Crippen LogP contribution >= 0.6 is 70.4 Å². The fourth-order valence-corrected chi connectivity index (χ4v) is 6.48. The normalized spacial score (nSPS) is 20.3. The lowest BCUT2D eigenvalue weighted by Gasteiger charge is -2.49. The van der Waals surface area contributed by atoms with Crippen LogP contribution < -0.4 is 4.90 Å². The number of hydrogen-bond acceptors (Lipinski definition) is 4. The molecule has 33 heavy (non-hydrogen) atoms. The summed E-state index contributed by atoms with van der Waals surface area (Å²) in [7, 11) is 0. The fraction of sp³-hybridized carbons (Fsp3) is 0.261. The molecule has 0 saturated carbocycles. The second kappa shape index (κ2) is 8.76. The zero-order valence-corrected chi connectivity index (χ0v) is 24.7. The van der Waals surface area contributed by atoms with Gasteiger partial charge in [-0.1, -0.05) is 52.9 Å². The third-order valence-electron chi connectivity index (χ3n) is 5.38. The van der Waals surface area contributed by atoms with E-state index in [-0.39, 0.29) is 12.3 Å². The summed E-state index contributed by atoms with van der Waals surface area (Å²) in [5.74, 6) is -0.734. The van der Waals surface area contributed by atoms with E-state index in [1.807, 2.05) is 30.3 Å². The molecular weight excluding hydrogens is 735 g/mol. The molecule has 0 radical (unpaired) electrons. The zero-order chi connectivity index (χ0) is 24.3. The number of nitrogens with zero attached hydrogens (tertiary/aromatic N) is 2. The molecule has 2 aromatic rings. The molecule has 2 aromatic carbocycles. The number of hydrogen-bond donors (Lipinski definition) is 0. The standard InChI is InChI=1S/C23H18Br3IN2O4/c1-22(2,3)33-21(32)28-14-9-13(24)18(25)19(26)17(14)23(20(28)31)10-16(30)29(23)15(11-27)12-7-5-4-6-8-12/h4-9,11H,10H2,1-3H3/b15-11+. The summed E-state index contributed by atoms with van der Waals surface area (Å²) in [4.78, 5) is 42.8. The van der Waals surface area contributed by atoms with Crippen LogP contribution in [0.1, 0.15) is 38.3 Å². The van der Waals surface area contributed by atoms with E-state index in [9.17, 15) is 14.4 Å². The predicted octanol–water partition coefficient (Wildman–Crippen LogP) is 7.12. The lowest BCUT2D eigenvalue weighted by molar-refractivity contribution is -0.157. The second-order valence-corrected chi connectivity index (χ2v) is 11.7. The van der Waals surface area contributed by atoms with Crippen LogP contribution in [0, 0.1) is 0 Å². The van der Waals surface area contributed by atoms with Gasteiger partial charge in [0.15, 0.2) is 5.54 Å². The van der Waals surface area contributed by atoms with E-state index >= 15 is 0 Å². The number of anilines is 1. The molecule has 1 fully saturated rings. The molecule has 172 valence electrons. The minimum absolute atomic E-state index is 0.0639. The Kier molecular flexibility index (Phi) is 6.60. The summed E-state index contributed by atoms with van der Waals surface area (Å²) in [6.45, 7) is 5.21. The van der Waals surface area contributed by atoms with Gasteiger partial charge in [0.1, 0.15) is 5.60 Å². The van der Waals surface area contributed by atoms with Gasteiger partial charge in [0.25, 0.3) is 5.91 Å². The fourth-order valence-electron chi connectivity index (χ4n) is 4.10. The molecule has 10 heteroatoms. The summed E-state index contributed by atoms with van der Waals surface area (Å²) in [5, 5.41) is 0. The number of likely N-dealkylation sites (tertiary alicyclic amines) is 1. The van der Waals surface area contributed by atoms with Gasteiger partial charge < -0.3 is 4.74 Å². The van der Waals surface area contributed by atoms with Crippen LogP contribution in [0.15, 0.2) is 53.9 Å². The number of carbonyl (C=O) groups is 3. The van der Waals surface area contributed by atoms with Crippen LogP contribution in [-0.4, -0.2) is 28.4 Å². The number of rotatable bonds is 2. The van der Waals surface area contributed by atoms with Crippen LogP contribution in [0.4, 0.5) is 10.5 Å². The molecule has 0 aliphatic carbocycles. The second-order valence-electron chi connectivity index (χ2n) is 8.63. The summed E-state index contributed by atoms with van der Waals surface area (Å²) in [6.07, 6.45) is -0.850. The molecule has 1 atom stereocenters. The first-order valence-electron chi connectivity index (χ1n) is 9.88. The van der Waals surface area contributed by atoms with Crippen molar-refractivity contribution < 1.29 is 19.1 Å². The molecule has 0 aromatic heterocycles. The molecule has 0 bridgehead atoms. The van der Waals surface area contributed by atoms with Crippen molar-refractivity contribution in [2.45, 2.75) is 38.3 Å². The number of carbonyl (C=O) groups excluding carboxylic acids is 3. The molecule has 2 heterocycles. The van der Waals surface area contributed by atoms with Gasteiger partial charge in [0.2, 0.25) is 5.91 Å². The highest BCUT2D eigenvalue weighted by atomic mass is 127. The van der Waals surface area contributed by atoms with Gasteiger partial charge in [0.05, 0.1) is 17.8 Å². The van der Waals surface area contributed by atoms with Gasteiger partial charge in [-0.15, -0.1) is 0 Å². The maximum Gasteiger partial charge on any atom is 0.421 e. The van der Waals surface area contributed by atoms with Crippen molar-refractivity contribution >= 4 is 99.7 Å². The number of β-lactam (4-membered cyclic amide) rings is 1. The van der Waals surface area contributed by atoms with E-state index < -0.39 is 23.1 Å². The van der Waals surface area contributed by atoms with Gasteiger partial charge in [0, 0.05) is 23.1 Å². The van der Waals surface area contributed by atoms with E-state index in [4.69, 9.17) is 4.74 Å². The van der Waals surface area contributed by atoms with Gasteiger partial charge in [-0.3, -0.25) is 14.5 Å². The first kappa shape index (κ1) is 24.9. The molecule has 0 N–H and O–H groups in total. The third-order valence-corrected chi connectivity index (χ3v) is 9.28. The van der Waals surface area contributed by atoms with Crippen molar-refractivity contribution in [3.05, 3.63) is 65.0 Å². The Morgan fingerprint density at radius 3 is 2.30 bits per heavy atom. The number of halogens is 4. The van der Waals surface area contributed by atoms with E-state index in [0.29, 0.717) is 30.4 Å². The van der Waals surface area contributed by atoms with Crippen LogP contribution in [0.25, 0.3) is 5.70 Å². The molecule has 4 rings (SSSR count). The summed E-state index contributed by atoms with van der Waals surface area (Å²) in [6, 6.07) is 11.1. The Labute approximate surface area is 230 Å². The van der Waals surface area contributed by atoms with Crippen LogP contribution in [-0.2, 0) is 19.9 Å². The Bertz CT molecular complexity index is 1230. The van der Waals surface area contributed by atoms with Crippen molar-refractivity contribution in [3.63, 3.8) is 0 Å². The number of benzene rings is 2. The molecule has 1 saturated heterocycles. The first-order valence-corrected chi connectivity index (χ1v) is 13.5. The number of fused-ring (bicyclic) bond motifs is 2. The van der Waals surface area contributed by atoms with Gasteiger partial charge in [-0.25, -0.2) is 9.69 Å². The average Bonchev–Trinajstić information content (AvgIpc) is 2.99. The van der Waals surface area contributed by atoms with Crippen molar-refractivity contribution in [3.8, 4) is 0 Å². The Morgan fingerprint density at radius 1 is 1.12 bits per heavy atom. The topological polar surface area (TPSA) is 66.9 Å². The molecule has 3 amide bonds. The highest BCUT2D eigenvalue weighted by Crippen LogP contribution is 2.59. The van der Waals surface area contributed by atoms with Crippen molar-refractivity contribution in [2.75, 3.05) is 4.90 Å². The van der Waals surface area contributed by atoms with Crippen molar-refractivity contribution in [1.82, 2.24) is 4.90 Å². The van der Waals surface area contributed by atoms with E-state index in [0.717, 1.165) is 10.5 Å². The largest absolute Gasteiger partial charge is 0.443 e. The molecule has 2 aliphatic rings. The Morgan fingerprint density at radius 2 is 1.76 bits per heavy atom. The van der Waals surface area contributed by atoms with Gasteiger partial charge >= 0.3 is 6.09 Å².